The van der Waals surface area contributed by atoms with Crippen molar-refractivity contribution in [1.82, 2.24) is 9.97 Å². The van der Waals surface area contributed by atoms with Gasteiger partial charge in [0, 0.05) is 34.1 Å². The molecule has 1 aromatic carbocycles. The van der Waals surface area contributed by atoms with E-state index in [1.165, 1.54) is 11.1 Å². The second-order valence-electron chi connectivity index (χ2n) is 6.18. The molecule has 136 valence electrons. The Bertz CT molecular complexity index is 989. The van der Waals surface area contributed by atoms with E-state index in [0.29, 0.717) is 34.8 Å². The van der Waals surface area contributed by atoms with E-state index in [2.05, 4.69) is 20.6 Å². The number of nitrogens with zero attached hydrogens (tertiary/aromatic N) is 2. The molecule has 2 amide bonds. The van der Waals surface area contributed by atoms with Gasteiger partial charge in [-0.05, 0) is 42.1 Å². The third-order valence-corrected chi connectivity index (χ3v) is 5.60. The molecule has 1 atom stereocenters. The number of thiophene rings is 1. The third-order valence-electron chi connectivity index (χ3n) is 4.31. The molecule has 1 unspecified atom stereocenters. The number of carbonyl (C=O) groups excluding carboxylic acids is 2. The number of carbonyl (C=O) groups is 2. The summed E-state index contributed by atoms with van der Waals surface area (Å²) in [7, 11) is 0. The zero-order chi connectivity index (χ0) is 18.8. The van der Waals surface area contributed by atoms with Gasteiger partial charge in [0.15, 0.2) is 5.78 Å². The molecule has 1 aliphatic carbocycles. The summed E-state index contributed by atoms with van der Waals surface area (Å²) < 4.78 is 0. The van der Waals surface area contributed by atoms with Crippen LogP contribution in [0.15, 0.2) is 48.0 Å². The van der Waals surface area contributed by atoms with Crippen LogP contribution < -0.4 is 10.6 Å². The van der Waals surface area contributed by atoms with E-state index in [1.807, 2.05) is 17.5 Å². The second kappa shape index (κ2) is 7.46. The largest absolute Gasteiger partial charge is 0.326 e. The maximum absolute atomic E-state index is 12.4. The molecule has 0 radical (unpaired) electrons. The van der Waals surface area contributed by atoms with Gasteiger partial charge in [-0.15, -0.1) is 11.3 Å². The Balaban J connectivity index is 1.49. The quantitative estimate of drug-likeness (QED) is 0.666. The number of anilines is 2. The minimum atomic E-state index is -0.464. The summed E-state index contributed by atoms with van der Waals surface area (Å²) in [6.07, 6.45) is 2.60. The van der Waals surface area contributed by atoms with Crippen LogP contribution in [-0.2, 0) is 6.42 Å². The molecule has 2 N–H and O–H groups in total. The van der Waals surface area contributed by atoms with Gasteiger partial charge < -0.3 is 5.32 Å². The molecule has 0 saturated carbocycles. The maximum Gasteiger partial charge on any atom is 0.326 e. The number of aromatic nitrogens is 2. The smallest absolute Gasteiger partial charge is 0.308 e. The Morgan fingerprint density at radius 2 is 1.96 bits per heavy atom. The number of rotatable bonds is 3. The van der Waals surface area contributed by atoms with E-state index in [4.69, 9.17) is 11.6 Å². The van der Waals surface area contributed by atoms with Gasteiger partial charge in [-0.2, -0.15) is 0 Å². The Morgan fingerprint density at radius 3 is 2.70 bits per heavy atom. The highest BCUT2D eigenvalue weighted by atomic mass is 35.5. The van der Waals surface area contributed by atoms with Crippen LogP contribution in [0.25, 0.3) is 0 Å². The molecular formula is C19H15ClN4O2S. The van der Waals surface area contributed by atoms with Gasteiger partial charge in [0.05, 0.1) is 11.3 Å². The van der Waals surface area contributed by atoms with E-state index >= 15 is 0 Å². The number of Topliss-reactive ketones (excluding diaryl/α,β-unsaturated/α-hetero) is 1. The molecule has 27 heavy (non-hydrogen) atoms. The first kappa shape index (κ1) is 17.6. The molecule has 2 aromatic heterocycles. The van der Waals surface area contributed by atoms with Gasteiger partial charge in [-0.1, -0.05) is 17.7 Å². The first-order valence-corrected chi connectivity index (χ1v) is 9.60. The van der Waals surface area contributed by atoms with Gasteiger partial charge in [0.1, 0.15) is 0 Å². The van der Waals surface area contributed by atoms with Crippen LogP contribution in [0.1, 0.15) is 33.3 Å². The molecule has 3 aromatic rings. The standard InChI is InChI=1S/C19H15ClN4O2S/c20-12-3-5-13(6-4-12)22-19(26)24-18-21-10-14-15(23-18)8-11(9-16(14)25)17-2-1-7-27-17/h1-7,10-11H,8-9H2,(H2,21,22,23,24,26). The summed E-state index contributed by atoms with van der Waals surface area (Å²) in [6, 6.07) is 10.3. The fourth-order valence-electron chi connectivity index (χ4n) is 3.03. The molecular weight excluding hydrogens is 384 g/mol. The van der Waals surface area contributed by atoms with Gasteiger partial charge in [0.2, 0.25) is 5.95 Å². The zero-order valence-corrected chi connectivity index (χ0v) is 15.7. The maximum atomic E-state index is 12.4. The fourth-order valence-corrected chi connectivity index (χ4v) is 3.98. The summed E-state index contributed by atoms with van der Waals surface area (Å²) in [5.74, 6) is 0.322. The normalized spacial score (nSPS) is 15.9. The number of nitrogens with one attached hydrogen (secondary N) is 2. The van der Waals surface area contributed by atoms with E-state index in [-0.39, 0.29) is 17.6 Å². The number of benzene rings is 1. The highest BCUT2D eigenvalue weighted by Crippen LogP contribution is 2.34. The Hall–Kier alpha value is -2.77. The number of urea groups is 1. The lowest BCUT2D eigenvalue weighted by molar-refractivity contribution is 0.0963. The van der Waals surface area contributed by atoms with Gasteiger partial charge in [-0.25, -0.2) is 14.8 Å². The van der Waals surface area contributed by atoms with Crippen molar-refractivity contribution in [3.8, 4) is 0 Å². The average molecular weight is 399 g/mol. The third kappa shape index (κ3) is 3.99. The molecule has 1 aliphatic rings. The van der Waals surface area contributed by atoms with Crippen molar-refractivity contribution < 1.29 is 9.59 Å². The summed E-state index contributed by atoms with van der Waals surface area (Å²) in [5, 5.41) is 7.88. The fraction of sp³-hybridized carbons (Fsp3) is 0.158. The first-order chi connectivity index (χ1) is 13.1. The minimum Gasteiger partial charge on any atom is -0.308 e. The lowest BCUT2D eigenvalue weighted by Crippen LogP contribution is -2.24. The number of hydrogen-bond donors (Lipinski definition) is 2. The van der Waals surface area contributed by atoms with Crippen molar-refractivity contribution in [3.63, 3.8) is 0 Å². The second-order valence-corrected chi connectivity index (χ2v) is 7.60. The predicted octanol–water partition coefficient (Wildman–Crippen LogP) is 4.75. The molecule has 6 nitrogen and oxygen atoms in total. The van der Waals surface area contributed by atoms with Crippen molar-refractivity contribution in [1.29, 1.82) is 0 Å². The molecule has 0 fully saturated rings. The minimum absolute atomic E-state index is 0.0341. The number of fused-ring (bicyclic) bond motifs is 1. The highest BCUT2D eigenvalue weighted by Gasteiger charge is 2.28. The average Bonchev–Trinajstić information content (AvgIpc) is 3.18. The molecule has 0 spiro atoms. The molecule has 4 rings (SSSR count). The van der Waals surface area contributed by atoms with Crippen molar-refractivity contribution in [2.75, 3.05) is 10.6 Å². The van der Waals surface area contributed by atoms with Crippen molar-refractivity contribution in [2.24, 2.45) is 0 Å². The zero-order valence-electron chi connectivity index (χ0n) is 14.1. The van der Waals surface area contributed by atoms with E-state index < -0.39 is 6.03 Å². The number of amides is 2. The molecule has 0 saturated heterocycles. The van der Waals surface area contributed by atoms with E-state index in [9.17, 15) is 9.59 Å². The van der Waals surface area contributed by atoms with Crippen molar-refractivity contribution in [3.05, 3.63) is 69.1 Å². The highest BCUT2D eigenvalue weighted by molar-refractivity contribution is 7.10. The molecule has 8 heteroatoms. The number of halogens is 1. The lowest BCUT2D eigenvalue weighted by atomic mass is 9.86. The summed E-state index contributed by atoms with van der Waals surface area (Å²) in [6.45, 7) is 0. The topological polar surface area (TPSA) is 84.0 Å². The molecule has 0 aliphatic heterocycles. The summed E-state index contributed by atoms with van der Waals surface area (Å²) >= 11 is 7.47. The van der Waals surface area contributed by atoms with E-state index in [1.54, 1.807) is 35.6 Å². The van der Waals surface area contributed by atoms with Crippen molar-refractivity contribution >= 4 is 46.4 Å². The van der Waals surface area contributed by atoms with Gasteiger partial charge in [-0.3, -0.25) is 10.1 Å². The van der Waals surface area contributed by atoms with Gasteiger partial charge >= 0.3 is 6.03 Å². The number of ketones is 1. The van der Waals surface area contributed by atoms with Crippen LogP contribution >= 0.6 is 22.9 Å². The summed E-state index contributed by atoms with van der Waals surface area (Å²) in [5.41, 5.74) is 1.80. The van der Waals surface area contributed by atoms with Crippen LogP contribution in [0.5, 0.6) is 0 Å². The monoisotopic (exact) mass is 398 g/mol. The van der Waals surface area contributed by atoms with Crippen molar-refractivity contribution in [2.45, 2.75) is 18.8 Å². The number of hydrogen-bond acceptors (Lipinski definition) is 5. The summed E-state index contributed by atoms with van der Waals surface area (Å²) in [4.78, 5) is 34.2. The lowest BCUT2D eigenvalue weighted by Gasteiger charge is -2.22. The van der Waals surface area contributed by atoms with Gasteiger partial charge in [0.25, 0.3) is 0 Å². The molecule has 2 heterocycles. The van der Waals surface area contributed by atoms with Crippen LogP contribution in [0.2, 0.25) is 5.02 Å². The Morgan fingerprint density at radius 1 is 1.15 bits per heavy atom. The van der Waals surface area contributed by atoms with Crippen LogP contribution in [-0.4, -0.2) is 21.8 Å². The van der Waals surface area contributed by atoms with Crippen LogP contribution in [0.3, 0.4) is 0 Å². The Kier molecular flexibility index (Phi) is 4.87. The molecule has 0 bridgehead atoms. The van der Waals surface area contributed by atoms with Crippen LogP contribution in [0.4, 0.5) is 16.4 Å². The SMILES string of the molecule is O=C(Nc1ccc(Cl)cc1)Nc1ncc2c(n1)CC(c1cccs1)CC2=O. The predicted molar refractivity (Wildman–Crippen MR) is 106 cm³/mol. The first-order valence-electron chi connectivity index (χ1n) is 8.34. The Labute approximate surface area is 164 Å². The van der Waals surface area contributed by atoms with E-state index in [0.717, 1.165) is 0 Å². The van der Waals surface area contributed by atoms with Crippen LogP contribution in [0, 0.1) is 0 Å².